The van der Waals surface area contributed by atoms with Crippen molar-refractivity contribution in [3.05, 3.63) is 53.9 Å². The van der Waals surface area contributed by atoms with E-state index in [1.165, 1.54) is 0 Å². The number of aromatic amines is 1. The molecule has 3 aromatic rings. The highest BCUT2D eigenvalue weighted by atomic mass is 16.5. The number of nitrogens with zero attached hydrogens (tertiary/aromatic N) is 1. The van der Waals surface area contributed by atoms with E-state index in [1.807, 2.05) is 42.5 Å². The third-order valence-corrected chi connectivity index (χ3v) is 3.29. The van der Waals surface area contributed by atoms with E-state index in [2.05, 4.69) is 9.97 Å². The molecule has 0 bridgehead atoms. The smallest absolute Gasteiger partial charge is 0.126 e. The van der Waals surface area contributed by atoms with Crippen molar-refractivity contribution in [3.63, 3.8) is 0 Å². The number of aromatic nitrogens is 2. The van der Waals surface area contributed by atoms with Crippen LogP contribution in [0.4, 0.5) is 0 Å². The van der Waals surface area contributed by atoms with Crippen LogP contribution in [0.25, 0.3) is 11.0 Å². The molecule has 0 fully saturated rings. The molecule has 4 nitrogen and oxygen atoms in total. The summed E-state index contributed by atoms with van der Waals surface area (Å²) in [6.07, 6.45) is 0.696. The minimum Gasteiger partial charge on any atom is -0.497 e. The predicted molar refractivity (Wildman–Crippen MR) is 78.4 cm³/mol. The number of para-hydroxylation sites is 2. The molecule has 0 spiro atoms. The Morgan fingerprint density at radius 1 is 1.05 bits per heavy atom. The summed E-state index contributed by atoms with van der Waals surface area (Å²) in [7, 11) is 3.31. The fourth-order valence-corrected chi connectivity index (χ4v) is 2.27. The summed E-state index contributed by atoms with van der Waals surface area (Å²) in [4.78, 5) is 7.91. The number of ether oxygens (including phenoxy) is 2. The number of fused-ring (bicyclic) bond motifs is 1. The summed E-state index contributed by atoms with van der Waals surface area (Å²) in [6.45, 7) is 0. The van der Waals surface area contributed by atoms with E-state index in [0.29, 0.717) is 6.42 Å². The van der Waals surface area contributed by atoms with Crippen LogP contribution >= 0.6 is 0 Å². The first-order chi connectivity index (χ1) is 9.80. The van der Waals surface area contributed by atoms with Crippen molar-refractivity contribution < 1.29 is 9.47 Å². The van der Waals surface area contributed by atoms with Gasteiger partial charge in [0.1, 0.15) is 17.3 Å². The van der Waals surface area contributed by atoms with E-state index in [1.54, 1.807) is 14.2 Å². The first-order valence-corrected chi connectivity index (χ1v) is 6.44. The van der Waals surface area contributed by atoms with Gasteiger partial charge in [-0.3, -0.25) is 0 Å². The van der Waals surface area contributed by atoms with Gasteiger partial charge in [0.05, 0.1) is 25.3 Å². The van der Waals surface area contributed by atoms with Crippen molar-refractivity contribution in [2.24, 2.45) is 0 Å². The highest BCUT2D eigenvalue weighted by molar-refractivity contribution is 5.74. The van der Waals surface area contributed by atoms with Crippen molar-refractivity contribution in [1.82, 2.24) is 9.97 Å². The van der Waals surface area contributed by atoms with Crippen molar-refractivity contribution in [1.29, 1.82) is 0 Å². The van der Waals surface area contributed by atoms with Gasteiger partial charge in [-0.15, -0.1) is 0 Å². The zero-order valence-corrected chi connectivity index (χ0v) is 11.5. The van der Waals surface area contributed by atoms with Gasteiger partial charge < -0.3 is 14.5 Å². The van der Waals surface area contributed by atoms with Crippen LogP contribution in [0.5, 0.6) is 11.5 Å². The lowest BCUT2D eigenvalue weighted by molar-refractivity contribution is 0.391. The van der Waals surface area contributed by atoms with Crippen LogP contribution in [0.3, 0.4) is 0 Å². The van der Waals surface area contributed by atoms with Crippen molar-refractivity contribution in [2.45, 2.75) is 6.42 Å². The molecule has 2 aromatic carbocycles. The number of nitrogens with one attached hydrogen (secondary N) is 1. The molecule has 1 N–H and O–H groups in total. The highest BCUT2D eigenvalue weighted by Crippen LogP contribution is 2.26. The van der Waals surface area contributed by atoms with E-state index in [9.17, 15) is 0 Å². The molecule has 4 heteroatoms. The first-order valence-electron chi connectivity index (χ1n) is 6.44. The van der Waals surface area contributed by atoms with Crippen LogP contribution < -0.4 is 9.47 Å². The molecular formula is C16H16N2O2. The summed E-state index contributed by atoms with van der Waals surface area (Å²) in [5.74, 6) is 2.52. The largest absolute Gasteiger partial charge is 0.497 e. The third-order valence-electron chi connectivity index (χ3n) is 3.29. The average molecular weight is 268 g/mol. The zero-order valence-electron chi connectivity index (χ0n) is 11.5. The quantitative estimate of drug-likeness (QED) is 0.790. The van der Waals surface area contributed by atoms with Gasteiger partial charge >= 0.3 is 0 Å². The van der Waals surface area contributed by atoms with Crippen molar-refractivity contribution >= 4 is 11.0 Å². The lowest BCUT2D eigenvalue weighted by atomic mass is 10.1. The van der Waals surface area contributed by atoms with Crippen LogP contribution in [-0.4, -0.2) is 24.2 Å². The number of H-pyrrole nitrogens is 1. The molecule has 0 atom stereocenters. The molecule has 0 saturated carbocycles. The van der Waals surface area contributed by atoms with E-state index in [-0.39, 0.29) is 0 Å². The summed E-state index contributed by atoms with van der Waals surface area (Å²) >= 11 is 0. The van der Waals surface area contributed by atoms with Gasteiger partial charge in [0.2, 0.25) is 0 Å². The number of benzene rings is 2. The molecule has 0 unspecified atom stereocenters. The standard InChI is InChI=1S/C16H16N2O2/c1-19-12-8-7-11(15(10-12)20-2)9-16-17-13-5-3-4-6-14(13)18-16/h3-8,10H,9H2,1-2H3,(H,17,18). The normalized spacial score (nSPS) is 10.7. The van der Waals surface area contributed by atoms with E-state index < -0.39 is 0 Å². The van der Waals surface area contributed by atoms with Gasteiger partial charge in [-0.2, -0.15) is 0 Å². The average Bonchev–Trinajstić information content (AvgIpc) is 2.90. The SMILES string of the molecule is COc1ccc(Cc2nc3ccccc3[nH]2)c(OC)c1. The van der Waals surface area contributed by atoms with Crippen molar-refractivity contribution in [3.8, 4) is 11.5 Å². The highest BCUT2D eigenvalue weighted by Gasteiger charge is 2.09. The van der Waals surface area contributed by atoms with Crippen LogP contribution in [0.2, 0.25) is 0 Å². The van der Waals surface area contributed by atoms with Crippen LogP contribution in [0.1, 0.15) is 11.4 Å². The van der Waals surface area contributed by atoms with E-state index >= 15 is 0 Å². The summed E-state index contributed by atoms with van der Waals surface area (Å²) < 4.78 is 10.6. The number of hydrogen-bond donors (Lipinski definition) is 1. The summed E-state index contributed by atoms with van der Waals surface area (Å²) in [6, 6.07) is 13.8. The molecule has 3 rings (SSSR count). The fraction of sp³-hybridized carbons (Fsp3) is 0.188. The number of methoxy groups -OCH3 is 2. The Morgan fingerprint density at radius 2 is 1.90 bits per heavy atom. The molecular weight excluding hydrogens is 252 g/mol. The topological polar surface area (TPSA) is 47.1 Å². The monoisotopic (exact) mass is 268 g/mol. The van der Waals surface area contributed by atoms with Gasteiger partial charge in [0, 0.05) is 18.1 Å². The van der Waals surface area contributed by atoms with E-state index in [0.717, 1.165) is 33.9 Å². The fourth-order valence-electron chi connectivity index (χ4n) is 2.27. The molecule has 1 aromatic heterocycles. The predicted octanol–water partition coefficient (Wildman–Crippen LogP) is 3.17. The minimum atomic E-state index is 0.696. The minimum absolute atomic E-state index is 0.696. The van der Waals surface area contributed by atoms with Crippen LogP contribution in [-0.2, 0) is 6.42 Å². The molecule has 102 valence electrons. The number of imidazole rings is 1. The van der Waals surface area contributed by atoms with Gasteiger partial charge in [-0.05, 0) is 18.2 Å². The lowest BCUT2D eigenvalue weighted by Crippen LogP contribution is -1.96. The summed E-state index contributed by atoms with van der Waals surface area (Å²) in [5, 5.41) is 0. The van der Waals surface area contributed by atoms with Gasteiger partial charge in [-0.1, -0.05) is 18.2 Å². The Balaban J connectivity index is 1.93. The second-order valence-electron chi connectivity index (χ2n) is 4.56. The van der Waals surface area contributed by atoms with Crippen molar-refractivity contribution in [2.75, 3.05) is 14.2 Å². The number of hydrogen-bond acceptors (Lipinski definition) is 3. The van der Waals surface area contributed by atoms with Gasteiger partial charge in [-0.25, -0.2) is 4.98 Å². The Hall–Kier alpha value is -2.49. The second kappa shape index (κ2) is 5.25. The molecule has 0 aliphatic carbocycles. The first kappa shape index (κ1) is 12.5. The summed E-state index contributed by atoms with van der Waals surface area (Å²) in [5.41, 5.74) is 3.11. The zero-order chi connectivity index (χ0) is 13.9. The second-order valence-corrected chi connectivity index (χ2v) is 4.56. The van der Waals surface area contributed by atoms with E-state index in [4.69, 9.17) is 9.47 Å². The molecule has 0 saturated heterocycles. The lowest BCUT2D eigenvalue weighted by Gasteiger charge is -2.09. The Labute approximate surface area is 117 Å². The van der Waals surface area contributed by atoms with Crippen LogP contribution in [0.15, 0.2) is 42.5 Å². The van der Waals surface area contributed by atoms with Crippen LogP contribution in [0, 0.1) is 0 Å². The molecule has 0 aliphatic rings. The molecule has 20 heavy (non-hydrogen) atoms. The molecule has 0 aliphatic heterocycles. The maximum atomic E-state index is 5.41. The Kier molecular flexibility index (Phi) is 3.29. The van der Waals surface area contributed by atoms with Gasteiger partial charge in [0.15, 0.2) is 0 Å². The molecule has 0 amide bonds. The van der Waals surface area contributed by atoms with Gasteiger partial charge in [0.25, 0.3) is 0 Å². The number of rotatable bonds is 4. The Bertz CT molecular complexity index is 701. The molecule has 0 radical (unpaired) electrons. The third kappa shape index (κ3) is 2.32. The maximum absolute atomic E-state index is 5.41. The Morgan fingerprint density at radius 3 is 2.65 bits per heavy atom. The molecule has 1 heterocycles. The maximum Gasteiger partial charge on any atom is 0.126 e.